The highest BCUT2D eigenvalue weighted by atomic mass is 35.5. The molecule has 0 aliphatic carbocycles. The van der Waals surface area contributed by atoms with E-state index < -0.39 is 36.1 Å². The van der Waals surface area contributed by atoms with Crippen LogP contribution in [-0.4, -0.2) is 54.9 Å². The number of halogens is 1. The molecule has 1 aromatic rings. The minimum atomic E-state index is -0.792. The largest absolute Gasteiger partial charge is 0.348 e. The lowest BCUT2D eigenvalue weighted by Gasteiger charge is -2.29. The standard InChI is InChI=1S/C19H25ClN2O6/c1-18(2)24-9-12(26-18)14-13(15-16(25-14)28-19(3,4)27-15)22-17(23)21-11-7-5-10(20)6-8-11/h5-8,12-16H,9H2,1-4H3,(H2,21,22,23)/t12-,13+,14-,15-,16-/m1/s1. The second-order valence-electron chi connectivity index (χ2n) is 8.07. The van der Waals surface area contributed by atoms with Crippen LogP contribution in [0.2, 0.25) is 5.02 Å². The van der Waals surface area contributed by atoms with Crippen molar-refractivity contribution in [2.24, 2.45) is 0 Å². The van der Waals surface area contributed by atoms with E-state index in [-0.39, 0.29) is 12.1 Å². The van der Waals surface area contributed by atoms with Crippen LogP contribution in [0.1, 0.15) is 27.7 Å². The van der Waals surface area contributed by atoms with Crippen molar-refractivity contribution in [2.75, 3.05) is 11.9 Å². The summed E-state index contributed by atoms with van der Waals surface area (Å²) in [5.41, 5.74) is 0.624. The second-order valence-corrected chi connectivity index (χ2v) is 8.50. The first-order chi connectivity index (χ1) is 13.1. The van der Waals surface area contributed by atoms with Gasteiger partial charge in [0, 0.05) is 10.7 Å². The number of fused-ring (bicyclic) bond motifs is 1. The molecule has 3 aliphatic rings. The first-order valence-electron chi connectivity index (χ1n) is 9.28. The van der Waals surface area contributed by atoms with Gasteiger partial charge in [-0.3, -0.25) is 0 Å². The van der Waals surface area contributed by atoms with Crippen LogP contribution in [-0.2, 0) is 23.7 Å². The lowest BCUT2D eigenvalue weighted by Crippen LogP contribution is -2.53. The smallest absolute Gasteiger partial charge is 0.319 e. The Morgan fingerprint density at radius 1 is 1.04 bits per heavy atom. The van der Waals surface area contributed by atoms with Crippen molar-refractivity contribution >= 4 is 23.3 Å². The molecule has 2 N–H and O–H groups in total. The maximum Gasteiger partial charge on any atom is 0.319 e. The van der Waals surface area contributed by atoms with Crippen molar-refractivity contribution in [1.29, 1.82) is 0 Å². The van der Waals surface area contributed by atoms with Gasteiger partial charge in [0.2, 0.25) is 0 Å². The minimum Gasteiger partial charge on any atom is -0.348 e. The minimum absolute atomic E-state index is 0.350. The number of carbonyl (C=O) groups excluding carboxylic acids is 1. The van der Waals surface area contributed by atoms with E-state index in [4.69, 9.17) is 35.3 Å². The highest BCUT2D eigenvalue weighted by Crippen LogP contribution is 2.40. The molecule has 0 spiro atoms. The summed E-state index contributed by atoms with van der Waals surface area (Å²) in [6, 6.07) is 6.01. The van der Waals surface area contributed by atoms with E-state index >= 15 is 0 Å². The van der Waals surface area contributed by atoms with E-state index in [9.17, 15) is 4.79 Å². The maximum atomic E-state index is 12.6. The van der Waals surface area contributed by atoms with Gasteiger partial charge in [-0.15, -0.1) is 0 Å². The third-order valence-electron chi connectivity index (χ3n) is 4.88. The third kappa shape index (κ3) is 4.12. The van der Waals surface area contributed by atoms with Crippen LogP contribution in [0.4, 0.5) is 10.5 Å². The van der Waals surface area contributed by atoms with E-state index in [1.54, 1.807) is 24.3 Å². The lowest BCUT2D eigenvalue weighted by molar-refractivity contribution is -0.223. The molecule has 0 saturated carbocycles. The van der Waals surface area contributed by atoms with Crippen molar-refractivity contribution in [3.63, 3.8) is 0 Å². The second kappa shape index (κ2) is 7.12. The number of hydrogen-bond donors (Lipinski definition) is 2. The van der Waals surface area contributed by atoms with Gasteiger partial charge in [-0.25, -0.2) is 4.79 Å². The number of anilines is 1. The van der Waals surface area contributed by atoms with Gasteiger partial charge in [-0.2, -0.15) is 0 Å². The van der Waals surface area contributed by atoms with Crippen LogP contribution in [0.25, 0.3) is 0 Å². The summed E-state index contributed by atoms with van der Waals surface area (Å²) in [7, 11) is 0. The van der Waals surface area contributed by atoms with Crippen molar-refractivity contribution in [3.8, 4) is 0 Å². The average Bonchev–Trinajstić information content (AvgIpc) is 3.20. The molecule has 1 aromatic carbocycles. The van der Waals surface area contributed by atoms with Gasteiger partial charge in [0.05, 0.1) is 12.6 Å². The van der Waals surface area contributed by atoms with E-state index in [0.29, 0.717) is 17.3 Å². The van der Waals surface area contributed by atoms with Gasteiger partial charge in [0.15, 0.2) is 17.9 Å². The maximum absolute atomic E-state index is 12.6. The normalized spacial score (nSPS) is 35.5. The van der Waals surface area contributed by atoms with Crippen molar-refractivity contribution < 1.29 is 28.5 Å². The first kappa shape index (κ1) is 19.9. The third-order valence-corrected chi connectivity index (χ3v) is 5.14. The molecule has 4 rings (SSSR count). The van der Waals surface area contributed by atoms with Gasteiger partial charge >= 0.3 is 6.03 Å². The molecule has 5 atom stereocenters. The Labute approximate surface area is 168 Å². The van der Waals surface area contributed by atoms with Crippen LogP contribution in [0.15, 0.2) is 24.3 Å². The molecule has 3 heterocycles. The summed E-state index contributed by atoms with van der Waals surface area (Å²) in [6.07, 6.45) is -1.86. The molecule has 28 heavy (non-hydrogen) atoms. The molecule has 0 bridgehead atoms. The van der Waals surface area contributed by atoms with Crippen molar-refractivity contribution in [3.05, 3.63) is 29.3 Å². The van der Waals surface area contributed by atoms with Crippen LogP contribution in [0.5, 0.6) is 0 Å². The topological polar surface area (TPSA) is 87.3 Å². The van der Waals surface area contributed by atoms with E-state index in [1.165, 1.54) is 0 Å². The predicted molar refractivity (Wildman–Crippen MR) is 101 cm³/mol. The molecule has 2 amide bonds. The lowest BCUT2D eigenvalue weighted by atomic mass is 10.0. The molecular formula is C19H25ClN2O6. The molecule has 3 fully saturated rings. The SMILES string of the molecule is CC1(C)O[C@H]2O[C@H]([C@H]3COC(C)(C)O3)[C@H](NC(=O)Nc3ccc(Cl)cc3)[C@H]2O1. The van der Waals surface area contributed by atoms with Crippen molar-refractivity contribution in [1.82, 2.24) is 5.32 Å². The Kier molecular flexibility index (Phi) is 5.06. The fourth-order valence-corrected chi connectivity index (χ4v) is 3.87. The average molecular weight is 413 g/mol. The highest BCUT2D eigenvalue weighted by molar-refractivity contribution is 6.30. The number of hydrogen-bond acceptors (Lipinski definition) is 6. The zero-order chi connectivity index (χ0) is 20.1. The van der Waals surface area contributed by atoms with Gasteiger partial charge in [-0.1, -0.05) is 11.6 Å². The highest BCUT2D eigenvalue weighted by Gasteiger charge is 2.58. The summed E-state index contributed by atoms with van der Waals surface area (Å²) in [4.78, 5) is 12.6. The van der Waals surface area contributed by atoms with E-state index in [0.717, 1.165) is 0 Å². The number of ether oxygens (including phenoxy) is 5. The van der Waals surface area contributed by atoms with Gasteiger partial charge in [0.1, 0.15) is 18.3 Å². The molecule has 8 nitrogen and oxygen atoms in total. The van der Waals surface area contributed by atoms with Gasteiger partial charge < -0.3 is 34.3 Å². The van der Waals surface area contributed by atoms with Crippen LogP contribution in [0.3, 0.4) is 0 Å². The van der Waals surface area contributed by atoms with E-state index in [2.05, 4.69) is 10.6 Å². The van der Waals surface area contributed by atoms with Crippen LogP contribution < -0.4 is 10.6 Å². The monoisotopic (exact) mass is 412 g/mol. The van der Waals surface area contributed by atoms with Crippen LogP contribution in [0, 0.1) is 0 Å². The Hall–Kier alpha value is -1.42. The predicted octanol–water partition coefficient (Wildman–Crippen LogP) is 2.86. The number of carbonyl (C=O) groups is 1. The molecule has 154 valence electrons. The van der Waals surface area contributed by atoms with E-state index in [1.807, 2.05) is 27.7 Å². The number of benzene rings is 1. The number of amides is 2. The number of urea groups is 1. The summed E-state index contributed by atoms with van der Waals surface area (Å²) in [5.74, 6) is -1.50. The van der Waals surface area contributed by atoms with Gasteiger partial charge in [0.25, 0.3) is 0 Å². The molecule has 3 aliphatic heterocycles. The summed E-state index contributed by atoms with van der Waals surface area (Å²) in [6.45, 7) is 7.67. The molecular weight excluding hydrogens is 388 g/mol. The Bertz CT molecular complexity index is 740. The number of rotatable bonds is 3. The fourth-order valence-electron chi connectivity index (χ4n) is 3.74. The summed E-state index contributed by atoms with van der Waals surface area (Å²) in [5, 5.41) is 6.34. The zero-order valence-corrected chi connectivity index (χ0v) is 17.0. The molecule has 9 heteroatoms. The Balaban J connectivity index is 1.48. The Morgan fingerprint density at radius 3 is 2.39 bits per heavy atom. The fraction of sp³-hybridized carbons (Fsp3) is 0.632. The Morgan fingerprint density at radius 2 is 1.75 bits per heavy atom. The molecule has 0 unspecified atom stereocenters. The molecule has 0 radical (unpaired) electrons. The summed E-state index contributed by atoms with van der Waals surface area (Å²) >= 11 is 5.89. The van der Waals surface area contributed by atoms with Crippen LogP contribution >= 0.6 is 11.6 Å². The zero-order valence-electron chi connectivity index (χ0n) is 16.2. The molecule has 3 saturated heterocycles. The van der Waals surface area contributed by atoms with Gasteiger partial charge in [-0.05, 0) is 52.0 Å². The van der Waals surface area contributed by atoms with Crippen molar-refractivity contribution in [2.45, 2.75) is 69.9 Å². The number of nitrogens with one attached hydrogen (secondary N) is 2. The quantitative estimate of drug-likeness (QED) is 0.793. The molecule has 0 aromatic heterocycles. The summed E-state index contributed by atoms with van der Waals surface area (Å²) < 4.78 is 29.5. The first-order valence-corrected chi connectivity index (χ1v) is 9.66.